The first-order valence-corrected chi connectivity index (χ1v) is 7.84. The van der Waals surface area contributed by atoms with Gasteiger partial charge in [-0.3, -0.25) is 4.90 Å². The first-order chi connectivity index (χ1) is 9.82. The maximum atomic E-state index is 11.9. The maximum Gasteiger partial charge on any atom is 0.325 e. The van der Waals surface area contributed by atoms with Crippen molar-refractivity contribution in [2.45, 2.75) is 39.5 Å². The highest BCUT2D eigenvalue weighted by Crippen LogP contribution is 2.42. The van der Waals surface area contributed by atoms with Crippen LogP contribution >= 0.6 is 11.3 Å². The van der Waals surface area contributed by atoms with Crippen LogP contribution in [0, 0.1) is 16.7 Å². The summed E-state index contributed by atoms with van der Waals surface area (Å²) >= 11 is 1.37. The molecule has 1 aromatic heterocycles. The zero-order valence-corrected chi connectivity index (χ0v) is 14.4. The van der Waals surface area contributed by atoms with Crippen molar-refractivity contribution in [1.82, 2.24) is 15.1 Å². The molecule has 0 aliphatic carbocycles. The molecule has 116 valence electrons. The van der Waals surface area contributed by atoms with E-state index < -0.39 is 5.41 Å². The van der Waals surface area contributed by atoms with Gasteiger partial charge in [0, 0.05) is 27.1 Å². The first-order valence-electron chi connectivity index (χ1n) is 7.02. The third-order valence-corrected chi connectivity index (χ3v) is 5.25. The molecule has 0 spiro atoms. The van der Waals surface area contributed by atoms with E-state index >= 15 is 0 Å². The molecule has 7 heteroatoms. The molecule has 0 saturated carbocycles. The second-order valence-corrected chi connectivity index (χ2v) is 6.34. The Morgan fingerprint density at radius 2 is 1.90 bits per heavy atom. The summed E-state index contributed by atoms with van der Waals surface area (Å²) in [6.07, 6.45) is 1.53. The van der Waals surface area contributed by atoms with Crippen LogP contribution in [0.2, 0.25) is 0 Å². The lowest BCUT2D eigenvalue weighted by molar-refractivity contribution is 0.225. The van der Waals surface area contributed by atoms with Crippen molar-refractivity contribution in [1.29, 1.82) is 5.26 Å². The topological polar surface area (TPSA) is 73.1 Å². The number of carbonyl (C=O) groups excluding carboxylic acids is 1. The minimum atomic E-state index is -0.430. The Kier molecular flexibility index (Phi) is 5.67. The molecular weight excluding hydrogens is 286 g/mol. The number of hydrogen-bond donors (Lipinski definition) is 0. The van der Waals surface area contributed by atoms with Gasteiger partial charge in [-0.25, -0.2) is 4.79 Å². The Labute approximate surface area is 130 Å². The van der Waals surface area contributed by atoms with E-state index in [2.05, 4.69) is 16.3 Å². The summed E-state index contributed by atoms with van der Waals surface area (Å²) in [7, 11) is 5.06. The van der Waals surface area contributed by atoms with Gasteiger partial charge in [-0.05, 0) is 12.8 Å². The fourth-order valence-electron chi connectivity index (χ4n) is 2.27. The zero-order valence-electron chi connectivity index (χ0n) is 13.5. The lowest BCUT2D eigenvalue weighted by Gasteiger charge is -2.28. The Morgan fingerprint density at radius 3 is 2.33 bits per heavy atom. The van der Waals surface area contributed by atoms with Gasteiger partial charge in [0.2, 0.25) is 5.13 Å². The fourth-order valence-corrected chi connectivity index (χ4v) is 3.24. The smallest absolute Gasteiger partial charge is 0.325 e. The number of nitrogens with zero attached hydrogens (tertiary/aromatic N) is 5. The number of carbonyl (C=O) groups is 1. The molecule has 0 N–H and O–H groups in total. The van der Waals surface area contributed by atoms with Crippen LogP contribution in [0.4, 0.5) is 9.93 Å². The van der Waals surface area contributed by atoms with Crippen LogP contribution in [0.3, 0.4) is 0 Å². The summed E-state index contributed by atoms with van der Waals surface area (Å²) in [6, 6.07) is 2.29. The first kappa shape index (κ1) is 17.4. The Bertz CT molecular complexity index is 530. The molecule has 1 aromatic rings. The van der Waals surface area contributed by atoms with Crippen molar-refractivity contribution in [3.05, 3.63) is 5.01 Å². The molecular formula is C14H23N5OS. The normalized spacial score (nSPS) is 12.6. The van der Waals surface area contributed by atoms with Crippen LogP contribution in [0.15, 0.2) is 0 Å². The van der Waals surface area contributed by atoms with E-state index in [0.717, 1.165) is 17.8 Å². The number of hydrogen-bond acceptors (Lipinski definition) is 5. The van der Waals surface area contributed by atoms with Crippen molar-refractivity contribution < 1.29 is 4.79 Å². The molecule has 1 atom stereocenters. The van der Waals surface area contributed by atoms with Crippen molar-refractivity contribution in [2.75, 3.05) is 26.0 Å². The van der Waals surface area contributed by atoms with Gasteiger partial charge in [-0.1, -0.05) is 32.1 Å². The third-order valence-electron chi connectivity index (χ3n) is 4.07. The van der Waals surface area contributed by atoms with Gasteiger partial charge in [-0.15, -0.1) is 10.2 Å². The molecule has 1 unspecified atom stereocenters. The van der Waals surface area contributed by atoms with Gasteiger partial charge in [0.1, 0.15) is 5.01 Å². The van der Waals surface area contributed by atoms with Crippen LogP contribution in [0.1, 0.15) is 44.5 Å². The van der Waals surface area contributed by atoms with Crippen LogP contribution in [-0.4, -0.2) is 42.3 Å². The van der Waals surface area contributed by atoms with E-state index in [1.54, 1.807) is 21.1 Å². The van der Waals surface area contributed by atoms with Gasteiger partial charge in [0.05, 0.1) is 11.5 Å². The number of nitriles is 1. The lowest BCUT2D eigenvalue weighted by Crippen LogP contribution is -2.36. The highest BCUT2D eigenvalue weighted by molar-refractivity contribution is 7.15. The Hall–Kier alpha value is -1.68. The molecule has 2 amide bonds. The van der Waals surface area contributed by atoms with Gasteiger partial charge in [0.15, 0.2) is 0 Å². The standard InChI is InChI=1S/C14H23N5OS/c1-7-14(8-2,9-15)10(3)11-16-17-12(21-11)19(6)13(20)18(4)5/h10H,7-8H2,1-6H3. The molecule has 1 rings (SSSR count). The van der Waals surface area contributed by atoms with Crippen molar-refractivity contribution >= 4 is 22.5 Å². The lowest BCUT2D eigenvalue weighted by atomic mass is 9.73. The second kappa shape index (κ2) is 6.85. The molecule has 0 bridgehead atoms. The van der Waals surface area contributed by atoms with Crippen LogP contribution in [0.5, 0.6) is 0 Å². The molecule has 0 aromatic carbocycles. The SMILES string of the molecule is CCC(C#N)(CC)C(C)c1nnc(N(C)C(=O)N(C)C)s1. The summed E-state index contributed by atoms with van der Waals surface area (Å²) < 4.78 is 0. The van der Waals surface area contributed by atoms with E-state index in [4.69, 9.17) is 0 Å². The number of anilines is 1. The molecule has 0 aliphatic heterocycles. The summed E-state index contributed by atoms with van der Waals surface area (Å²) in [5, 5.41) is 19.2. The molecule has 6 nitrogen and oxygen atoms in total. The predicted octanol–water partition coefficient (Wildman–Crippen LogP) is 3.09. The number of rotatable bonds is 5. The summed E-state index contributed by atoms with van der Waals surface area (Å²) in [5.41, 5.74) is -0.430. The van der Waals surface area contributed by atoms with Crippen LogP contribution in [-0.2, 0) is 0 Å². The van der Waals surface area contributed by atoms with Gasteiger partial charge < -0.3 is 4.90 Å². The van der Waals surface area contributed by atoms with E-state index in [1.165, 1.54) is 21.1 Å². The average molecular weight is 309 g/mol. The summed E-state index contributed by atoms with van der Waals surface area (Å²) in [5.74, 6) is -0.00777. The minimum absolute atomic E-state index is 0.00777. The maximum absolute atomic E-state index is 11.9. The highest BCUT2D eigenvalue weighted by atomic mass is 32.1. The molecule has 21 heavy (non-hydrogen) atoms. The summed E-state index contributed by atoms with van der Waals surface area (Å²) in [4.78, 5) is 14.9. The highest BCUT2D eigenvalue weighted by Gasteiger charge is 2.36. The average Bonchev–Trinajstić information content (AvgIpc) is 2.97. The van der Waals surface area contributed by atoms with E-state index in [9.17, 15) is 10.1 Å². The van der Waals surface area contributed by atoms with Crippen molar-refractivity contribution in [3.8, 4) is 6.07 Å². The monoisotopic (exact) mass is 309 g/mol. The fraction of sp³-hybridized carbons (Fsp3) is 0.714. The largest absolute Gasteiger partial charge is 0.330 e. The zero-order chi connectivity index (χ0) is 16.2. The quantitative estimate of drug-likeness (QED) is 0.837. The van der Waals surface area contributed by atoms with Crippen LogP contribution in [0.25, 0.3) is 0 Å². The Balaban J connectivity index is 3.04. The molecule has 0 fully saturated rings. The molecule has 0 radical (unpaired) electrons. The molecule has 0 aliphatic rings. The van der Waals surface area contributed by atoms with Crippen molar-refractivity contribution in [3.63, 3.8) is 0 Å². The second-order valence-electron chi connectivity index (χ2n) is 5.36. The number of aromatic nitrogens is 2. The number of urea groups is 1. The van der Waals surface area contributed by atoms with Crippen LogP contribution < -0.4 is 4.90 Å². The van der Waals surface area contributed by atoms with Gasteiger partial charge in [0.25, 0.3) is 0 Å². The minimum Gasteiger partial charge on any atom is -0.330 e. The molecule has 1 heterocycles. The predicted molar refractivity (Wildman–Crippen MR) is 84.4 cm³/mol. The number of amides is 2. The summed E-state index contributed by atoms with van der Waals surface area (Å²) in [6.45, 7) is 6.05. The Morgan fingerprint density at radius 1 is 1.33 bits per heavy atom. The molecule has 0 saturated heterocycles. The van der Waals surface area contributed by atoms with Crippen molar-refractivity contribution in [2.24, 2.45) is 5.41 Å². The van der Waals surface area contributed by atoms with Gasteiger partial charge in [-0.2, -0.15) is 5.26 Å². The third kappa shape index (κ3) is 3.32. The van der Waals surface area contributed by atoms with E-state index in [1.807, 2.05) is 20.8 Å². The van der Waals surface area contributed by atoms with E-state index in [-0.39, 0.29) is 11.9 Å². The van der Waals surface area contributed by atoms with E-state index in [0.29, 0.717) is 5.13 Å². The van der Waals surface area contributed by atoms with Gasteiger partial charge >= 0.3 is 6.03 Å².